The summed E-state index contributed by atoms with van der Waals surface area (Å²) in [5, 5.41) is 12.0. The summed E-state index contributed by atoms with van der Waals surface area (Å²) in [6, 6.07) is 3.56. The van der Waals surface area contributed by atoms with Crippen LogP contribution < -0.4 is 14.9 Å². The number of aromatic nitrogens is 4. The lowest BCUT2D eigenvalue weighted by molar-refractivity contribution is 0.301. The van der Waals surface area contributed by atoms with Crippen LogP contribution in [-0.2, 0) is 10.0 Å². The number of fused-ring (bicyclic) bond motifs is 1. The lowest BCUT2D eigenvalue weighted by atomic mass is 9.98. The number of anilines is 1. The minimum Gasteiger partial charge on any atom is -0.422 e. The number of nitrogens with zero attached hydrogens (tertiary/aromatic N) is 5. The summed E-state index contributed by atoms with van der Waals surface area (Å²) >= 11 is 0. The van der Waals surface area contributed by atoms with Crippen molar-refractivity contribution < 1.29 is 12.8 Å². The van der Waals surface area contributed by atoms with Gasteiger partial charge in [0.25, 0.3) is 5.89 Å². The quantitative estimate of drug-likeness (QED) is 0.577. The van der Waals surface area contributed by atoms with Crippen LogP contribution in [0.2, 0.25) is 0 Å². The third kappa shape index (κ3) is 4.32. The minimum absolute atomic E-state index is 0.157. The zero-order valence-corrected chi connectivity index (χ0v) is 20.3. The first-order valence-corrected chi connectivity index (χ1v) is 12.6. The molecule has 3 aromatic rings. The number of sulfonamides is 1. The second kappa shape index (κ2) is 7.44. The van der Waals surface area contributed by atoms with Gasteiger partial charge < -0.3 is 14.6 Å². The summed E-state index contributed by atoms with van der Waals surface area (Å²) in [6.45, 7) is 11.5. The Morgan fingerprint density at radius 3 is 2.61 bits per heavy atom. The van der Waals surface area contributed by atoms with Gasteiger partial charge in [-0.05, 0) is 59.6 Å². The SMILES string of the molecule is Cc1nc(-c2nnco2)c2cc(S(=O)(=O)NC3(C)CC3)cc(N3C[C@H](C)NC(C)(C)C3)c2n1. The van der Waals surface area contributed by atoms with Crippen molar-refractivity contribution in [3.05, 3.63) is 24.4 Å². The largest absolute Gasteiger partial charge is 0.422 e. The summed E-state index contributed by atoms with van der Waals surface area (Å²) in [5.41, 5.74) is 1.29. The fourth-order valence-electron chi connectivity index (χ4n) is 4.62. The molecule has 11 heteroatoms. The highest BCUT2D eigenvalue weighted by molar-refractivity contribution is 7.89. The van der Waals surface area contributed by atoms with Crippen LogP contribution in [0.15, 0.2) is 27.8 Å². The van der Waals surface area contributed by atoms with Gasteiger partial charge in [0, 0.05) is 35.6 Å². The standard InChI is InChI=1S/C22H29N7O3S/c1-13-10-29(11-21(3,4)26-13)17-9-15(33(30,31)28-22(5)6-7-22)8-16-18(17)24-14(2)25-19(16)20-27-23-12-32-20/h8-9,12-13,26,28H,6-7,10-11H2,1-5H3/t13-/m0/s1. The molecular formula is C22H29N7O3S. The van der Waals surface area contributed by atoms with E-state index in [0.717, 1.165) is 18.5 Å². The van der Waals surface area contributed by atoms with Crippen molar-refractivity contribution in [2.24, 2.45) is 0 Å². The Balaban J connectivity index is 1.75. The lowest BCUT2D eigenvalue weighted by Crippen LogP contribution is -2.61. The van der Waals surface area contributed by atoms with E-state index in [1.165, 1.54) is 6.39 Å². The normalized spacial score (nSPS) is 22.0. The molecule has 0 radical (unpaired) electrons. The molecular weight excluding hydrogens is 442 g/mol. The molecule has 1 atom stereocenters. The highest BCUT2D eigenvalue weighted by Gasteiger charge is 2.42. The van der Waals surface area contributed by atoms with Gasteiger partial charge >= 0.3 is 0 Å². The highest BCUT2D eigenvalue weighted by Crippen LogP contribution is 2.39. The Kier molecular flexibility index (Phi) is 5.00. The molecule has 0 unspecified atom stereocenters. The van der Waals surface area contributed by atoms with E-state index in [2.05, 4.69) is 50.9 Å². The van der Waals surface area contributed by atoms with Crippen LogP contribution in [0.1, 0.15) is 46.4 Å². The topological polar surface area (TPSA) is 126 Å². The Bertz CT molecular complexity index is 1320. The van der Waals surface area contributed by atoms with E-state index in [1.54, 1.807) is 19.1 Å². The molecule has 2 fully saturated rings. The second-order valence-corrected chi connectivity index (χ2v) is 11.9. The third-order valence-corrected chi connectivity index (χ3v) is 7.80. The van der Waals surface area contributed by atoms with Crippen LogP contribution in [0.3, 0.4) is 0 Å². The zero-order valence-electron chi connectivity index (χ0n) is 19.5. The van der Waals surface area contributed by atoms with Crippen LogP contribution in [0.4, 0.5) is 5.69 Å². The molecule has 5 rings (SSSR count). The van der Waals surface area contributed by atoms with Crippen molar-refractivity contribution in [3.8, 4) is 11.6 Å². The summed E-state index contributed by atoms with van der Waals surface area (Å²) in [7, 11) is -3.76. The van der Waals surface area contributed by atoms with Crippen molar-refractivity contribution in [2.45, 2.75) is 69.5 Å². The first-order valence-electron chi connectivity index (χ1n) is 11.1. The predicted molar refractivity (Wildman–Crippen MR) is 124 cm³/mol. The zero-order chi connectivity index (χ0) is 23.6. The van der Waals surface area contributed by atoms with Gasteiger partial charge in [0.15, 0.2) is 0 Å². The number of rotatable bonds is 5. The molecule has 33 heavy (non-hydrogen) atoms. The van der Waals surface area contributed by atoms with E-state index in [0.29, 0.717) is 35.5 Å². The first kappa shape index (κ1) is 22.2. The molecule has 1 saturated heterocycles. The molecule has 176 valence electrons. The Morgan fingerprint density at radius 1 is 1.21 bits per heavy atom. The average molecular weight is 472 g/mol. The Hall–Kier alpha value is -2.63. The van der Waals surface area contributed by atoms with Crippen molar-refractivity contribution in [1.82, 2.24) is 30.2 Å². The summed E-state index contributed by atoms with van der Waals surface area (Å²) in [4.78, 5) is 11.6. The van der Waals surface area contributed by atoms with E-state index in [9.17, 15) is 8.42 Å². The molecule has 1 aliphatic carbocycles. The van der Waals surface area contributed by atoms with Gasteiger partial charge in [-0.25, -0.2) is 23.1 Å². The van der Waals surface area contributed by atoms with E-state index in [-0.39, 0.29) is 22.4 Å². The maximum Gasteiger partial charge on any atom is 0.266 e. The van der Waals surface area contributed by atoms with Crippen molar-refractivity contribution in [3.63, 3.8) is 0 Å². The molecule has 0 bridgehead atoms. The first-order chi connectivity index (χ1) is 15.4. The molecule has 1 aromatic carbocycles. The van der Waals surface area contributed by atoms with Gasteiger partial charge in [-0.3, -0.25) is 0 Å². The maximum absolute atomic E-state index is 13.4. The van der Waals surface area contributed by atoms with Crippen molar-refractivity contribution in [1.29, 1.82) is 0 Å². The molecule has 2 aromatic heterocycles. The molecule has 1 saturated carbocycles. The second-order valence-electron chi connectivity index (χ2n) is 10.2. The fourth-order valence-corrected chi connectivity index (χ4v) is 6.13. The van der Waals surface area contributed by atoms with E-state index < -0.39 is 15.6 Å². The van der Waals surface area contributed by atoms with Crippen LogP contribution in [0.25, 0.3) is 22.5 Å². The smallest absolute Gasteiger partial charge is 0.266 e. The van der Waals surface area contributed by atoms with Crippen molar-refractivity contribution >= 4 is 26.6 Å². The molecule has 3 heterocycles. The summed E-state index contributed by atoms with van der Waals surface area (Å²) < 4.78 is 35.1. The monoisotopic (exact) mass is 471 g/mol. The maximum atomic E-state index is 13.4. The number of nitrogens with one attached hydrogen (secondary N) is 2. The van der Waals surface area contributed by atoms with Crippen molar-refractivity contribution in [2.75, 3.05) is 18.0 Å². The molecule has 2 N–H and O–H groups in total. The summed E-state index contributed by atoms with van der Waals surface area (Å²) in [5.74, 6) is 0.765. The number of piperazine rings is 1. The van der Waals surface area contributed by atoms with Crippen LogP contribution in [0, 0.1) is 6.92 Å². The van der Waals surface area contributed by atoms with Gasteiger partial charge in [-0.15, -0.1) is 10.2 Å². The molecule has 2 aliphatic rings. The van der Waals surface area contributed by atoms with Crippen LogP contribution in [0.5, 0.6) is 0 Å². The van der Waals surface area contributed by atoms with Gasteiger partial charge in [-0.2, -0.15) is 0 Å². The molecule has 0 amide bonds. The van der Waals surface area contributed by atoms with Gasteiger partial charge in [0.05, 0.1) is 16.1 Å². The molecule has 0 spiro atoms. The molecule has 1 aliphatic heterocycles. The third-order valence-electron chi connectivity index (χ3n) is 6.18. The Morgan fingerprint density at radius 2 is 1.97 bits per heavy atom. The molecule has 10 nitrogen and oxygen atoms in total. The van der Waals surface area contributed by atoms with Gasteiger partial charge in [-0.1, -0.05) is 0 Å². The average Bonchev–Trinajstić information content (AvgIpc) is 3.19. The predicted octanol–water partition coefficient (Wildman–Crippen LogP) is 2.40. The van der Waals surface area contributed by atoms with E-state index in [1.807, 2.05) is 6.92 Å². The lowest BCUT2D eigenvalue weighted by Gasteiger charge is -2.44. The number of hydrogen-bond acceptors (Lipinski definition) is 9. The fraction of sp³-hybridized carbons (Fsp3) is 0.545. The van der Waals surface area contributed by atoms with Gasteiger partial charge in [0.2, 0.25) is 16.4 Å². The summed E-state index contributed by atoms with van der Waals surface area (Å²) in [6.07, 6.45) is 2.88. The number of aryl methyl sites for hydroxylation is 1. The minimum atomic E-state index is -3.76. The Labute approximate surface area is 193 Å². The van der Waals surface area contributed by atoms with Crippen LogP contribution >= 0.6 is 0 Å². The number of benzene rings is 1. The highest BCUT2D eigenvalue weighted by atomic mass is 32.2. The van der Waals surface area contributed by atoms with E-state index >= 15 is 0 Å². The van der Waals surface area contributed by atoms with E-state index in [4.69, 9.17) is 9.40 Å². The number of hydrogen-bond donors (Lipinski definition) is 2. The van der Waals surface area contributed by atoms with Gasteiger partial charge in [0.1, 0.15) is 11.5 Å². The van der Waals surface area contributed by atoms with Crippen LogP contribution in [-0.4, -0.2) is 58.8 Å².